The molecule has 0 amide bonds. The Labute approximate surface area is 171 Å². The van der Waals surface area contributed by atoms with Crippen molar-refractivity contribution >= 4 is 35.6 Å². The van der Waals surface area contributed by atoms with Crippen LogP contribution in [0.25, 0.3) is 11.6 Å². The Balaban J connectivity index is 0.00000192. The summed E-state index contributed by atoms with van der Waals surface area (Å²) in [5.41, 5.74) is 6.04. The van der Waals surface area contributed by atoms with E-state index in [9.17, 15) is 9.59 Å². The van der Waals surface area contributed by atoms with Gasteiger partial charge < -0.3 is 14.4 Å². The first-order chi connectivity index (χ1) is 13.0. The van der Waals surface area contributed by atoms with E-state index in [-0.39, 0.29) is 30.4 Å². The summed E-state index contributed by atoms with van der Waals surface area (Å²) >= 11 is 0. The van der Waals surface area contributed by atoms with Crippen LogP contribution in [0, 0.1) is 5.92 Å². The average Bonchev–Trinajstić information content (AvgIpc) is 2.96. The Kier molecular flexibility index (Phi) is 4.84. The number of aromatic nitrogens is 1. The quantitative estimate of drug-likeness (QED) is 0.732. The molecule has 5 nitrogen and oxygen atoms in total. The zero-order valence-corrected chi connectivity index (χ0v) is 17.2. The molecule has 0 radical (unpaired) electrons. The minimum absolute atomic E-state index is 0. The lowest BCUT2D eigenvalue weighted by molar-refractivity contribution is -0.113. The lowest BCUT2D eigenvalue weighted by Gasteiger charge is -2.33. The lowest BCUT2D eigenvalue weighted by atomic mass is 9.79. The third kappa shape index (κ3) is 2.88. The van der Waals surface area contributed by atoms with Gasteiger partial charge in [0, 0.05) is 30.5 Å². The number of carbonyl (C=O) groups is 2. The van der Waals surface area contributed by atoms with E-state index in [0.29, 0.717) is 5.92 Å². The predicted molar refractivity (Wildman–Crippen MR) is 112 cm³/mol. The van der Waals surface area contributed by atoms with Gasteiger partial charge in [-0.25, -0.2) is 0 Å². The van der Waals surface area contributed by atoms with Crippen molar-refractivity contribution in [2.75, 3.05) is 27.2 Å². The first-order valence-electron chi connectivity index (χ1n) is 9.84. The van der Waals surface area contributed by atoms with Gasteiger partial charge in [0.15, 0.2) is 11.6 Å². The molecule has 0 fully saturated rings. The van der Waals surface area contributed by atoms with Crippen molar-refractivity contribution in [1.82, 2.24) is 14.4 Å². The largest absolute Gasteiger partial charge is 0.358 e. The van der Waals surface area contributed by atoms with Crippen molar-refractivity contribution in [3.05, 3.63) is 46.4 Å². The molecule has 1 unspecified atom stereocenters. The molecule has 0 N–H and O–H groups in total. The van der Waals surface area contributed by atoms with Crippen LogP contribution in [0.1, 0.15) is 46.6 Å². The zero-order chi connectivity index (χ0) is 18.7. The minimum atomic E-state index is -0.0388. The topological polar surface area (TPSA) is 45.6 Å². The van der Waals surface area contributed by atoms with Crippen LogP contribution in [-0.2, 0) is 17.9 Å². The maximum atomic E-state index is 12.8. The van der Waals surface area contributed by atoms with Gasteiger partial charge in [-0.15, -0.1) is 12.4 Å². The van der Waals surface area contributed by atoms with Crippen molar-refractivity contribution in [3.63, 3.8) is 0 Å². The molecule has 5 rings (SSSR count). The monoisotopic (exact) mass is 399 g/mol. The Morgan fingerprint density at radius 2 is 2.04 bits per heavy atom. The van der Waals surface area contributed by atoms with Gasteiger partial charge in [0.1, 0.15) is 0 Å². The van der Waals surface area contributed by atoms with Crippen LogP contribution < -0.4 is 0 Å². The fraction of sp³-hybridized carbons (Fsp3) is 0.455. The third-order valence-corrected chi connectivity index (χ3v) is 6.25. The highest BCUT2D eigenvalue weighted by atomic mass is 35.5. The van der Waals surface area contributed by atoms with E-state index in [4.69, 9.17) is 0 Å². The standard InChI is InChI=1S/C22H25N3O2.ClH/c1-23(2)7-8-24-12-17-19(26)11-20(27)21-16-9-14-5-3-4-6-15(14)10-18(16)25(13-24)22(17)21;/h3,5,9,12,15H,4,6-8,10-11,13H2,1-2H3;1H. The number of hydrogen-bond acceptors (Lipinski definition) is 4. The fourth-order valence-corrected chi connectivity index (χ4v) is 4.85. The van der Waals surface area contributed by atoms with E-state index in [2.05, 4.69) is 46.7 Å². The van der Waals surface area contributed by atoms with E-state index in [1.165, 1.54) is 11.3 Å². The maximum absolute atomic E-state index is 12.8. The highest BCUT2D eigenvalue weighted by Crippen LogP contribution is 2.44. The molecule has 4 aliphatic rings. The molecule has 0 saturated heterocycles. The van der Waals surface area contributed by atoms with Gasteiger partial charge in [0.2, 0.25) is 0 Å². The van der Waals surface area contributed by atoms with Gasteiger partial charge >= 0.3 is 0 Å². The van der Waals surface area contributed by atoms with Crippen molar-refractivity contribution in [1.29, 1.82) is 0 Å². The van der Waals surface area contributed by atoms with E-state index in [1.54, 1.807) is 0 Å². The number of likely N-dealkylation sites (N-methyl/N-ethyl adjacent to an activating group) is 1. The molecule has 1 aliphatic heterocycles. The summed E-state index contributed by atoms with van der Waals surface area (Å²) in [5.74, 6) is 0.479. The second-order valence-corrected chi connectivity index (χ2v) is 8.36. The molecule has 148 valence electrons. The van der Waals surface area contributed by atoms with Crippen LogP contribution in [-0.4, -0.2) is 53.1 Å². The Hall–Kier alpha value is -2.11. The molecule has 1 atom stereocenters. The SMILES string of the molecule is CN(C)CCN1C=C2C(=O)CC(=O)c3c4c(n(c32)C1)CC1CCC=CC1=C4.Cl. The molecule has 0 saturated carbocycles. The molecule has 1 aromatic rings. The van der Waals surface area contributed by atoms with Gasteiger partial charge in [-0.05, 0) is 50.9 Å². The van der Waals surface area contributed by atoms with Crippen LogP contribution in [0.5, 0.6) is 0 Å². The number of rotatable bonds is 3. The predicted octanol–water partition coefficient (Wildman–Crippen LogP) is 3.15. The molecule has 2 heterocycles. The summed E-state index contributed by atoms with van der Waals surface area (Å²) in [7, 11) is 4.12. The second kappa shape index (κ2) is 7.05. The molecule has 6 heteroatoms. The number of Topliss-reactive ketones (excluding diaryl/α,β-unsaturated/α-hetero) is 2. The highest BCUT2D eigenvalue weighted by Gasteiger charge is 2.40. The highest BCUT2D eigenvalue weighted by molar-refractivity contribution is 6.33. The van der Waals surface area contributed by atoms with E-state index < -0.39 is 0 Å². The first-order valence-corrected chi connectivity index (χ1v) is 9.84. The fourth-order valence-electron chi connectivity index (χ4n) is 4.85. The Morgan fingerprint density at radius 3 is 2.82 bits per heavy atom. The van der Waals surface area contributed by atoms with Gasteiger partial charge in [-0.2, -0.15) is 0 Å². The van der Waals surface area contributed by atoms with Crippen molar-refractivity contribution in [2.45, 2.75) is 32.4 Å². The zero-order valence-electron chi connectivity index (χ0n) is 16.4. The van der Waals surface area contributed by atoms with Gasteiger partial charge in [0.25, 0.3) is 0 Å². The third-order valence-electron chi connectivity index (χ3n) is 6.25. The molecule has 0 bridgehead atoms. The summed E-state index contributed by atoms with van der Waals surface area (Å²) in [6.45, 7) is 2.52. The number of ketones is 2. The summed E-state index contributed by atoms with van der Waals surface area (Å²) in [6, 6.07) is 0. The maximum Gasteiger partial charge on any atom is 0.174 e. The van der Waals surface area contributed by atoms with Crippen molar-refractivity contribution < 1.29 is 9.59 Å². The number of hydrogen-bond donors (Lipinski definition) is 0. The minimum Gasteiger partial charge on any atom is -0.358 e. The average molecular weight is 400 g/mol. The van der Waals surface area contributed by atoms with E-state index in [0.717, 1.165) is 61.4 Å². The number of carbonyl (C=O) groups excluding carboxylic acids is 2. The molecule has 1 aromatic heterocycles. The second-order valence-electron chi connectivity index (χ2n) is 8.36. The lowest BCUT2D eigenvalue weighted by Crippen LogP contribution is -2.35. The van der Waals surface area contributed by atoms with Crippen LogP contribution in [0.2, 0.25) is 0 Å². The number of halogens is 1. The normalized spacial score (nSPS) is 22.2. The first kappa shape index (κ1) is 19.2. The Morgan fingerprint density at radius 1 is 1.21 bits per heavy atom. The number of allylic oxidation sites excluding steroid dienone is 4. The smallest absolute Gasteiger partial charge is 0.174 e. The molecular formula is C22H26ClN3O2. The van der Waals surface area contributed by atoms with E-state index >= 15 is 0 Å². The van der Waals surface area contributed by atoms with E-state index in [1.807, 2.05) is 6.20 Å². The number of nitrogens with zero attached hydrogens (tertiary/aromatic N) is 3. The van der Waals surface area contributed by atoms with Gasteiger partial charge in [-0.3, -0.25) is 9.59 Å². The summed E-state index contributed by atoms with van der Waals surface area (Å²) < 4.78 is 2.26. The van der Waals surface area contributed by atoms with Gasteiger partial charge in [0.05, 0.1) is 29.9 Å². The van der Waals surface area contributed by atoms with Crippen molar-refractivity contribution in [3.8, 4) is 0 Å². The van der Waals surface area contributed by atoms with Gasteiger partial charge in [-0.1, -0.05) is 12.2 Å². The molecule has 0 spiro atoms. The number of fused-ring (bicyclic) bond motifs is 4. The molecule has 28 heavy (non-hydrogen) atoms. The summed E-state index contributed by atoms with van der Waals surface area (Å²) in [5, 5.41) is 0. The van der Waals surface area contributed by atoms with Crippen molar-refractivity contribution in [2.24, 2.45) is 5.92 Å². The molecule has 0 aromatic carbocycles. The van der Waals surface area contributed by atoms with Crippen LogP contribution in [0.4, 0.5) is 0 Å². The molecule has 3 aliphatic carbocycles. The Bertz CT molecular complexity index is 951. The van der Waals surface area contributed by atoms with Crippen LogP contribution in [0.15, 0.2) is 23.9 Å². The molecular weight excluding hydrogens is 374 g/mol. The summed E-state index contributed by atoms with van der Waals surface area (Å²) in [4.78, 5) is 29.8. The van der Waals surface area contributed by atoms with Crippen LogP contribution in [0.3, 0.4) is 0 Å². The van der Waals surface area contributed by atoms with Crippen LogP contribution >= 0.6 is 12.4 Å². The summed E-state index contributed by atoms with van der Waals surface area (Å²) in [6.07, 6.45) is 11.9.